The van der Waals surface area contributed by atoms with Gasteiger partial charge < -0.3 is 20.1 Å². The molecule has 0 saturated heterocycles. The molecule has 0 aliphatic carbocycles. The Morgan fingerprint density at radius 1 is 1.16 bits per heavy atom. The summed E-state index contributed by atoms with van der Waals surface area (Å²) in [5, 5.41) is 13.5. The summed E-state index contributed by atoms with van der Waals surface area (Å²) in [6, 6.07) is 9.38. The molecule has 3 rings (SSSR count). The molecule has 7 nitrogen and oxygen atoms in total. The number of benzene rings is 2. The molecule has 0 unspecified atom stereocenters. The number of hydrogen-bond donors (Lipinski definition) is 3. The highest BCUT2D eigenvalue weighted by atomic mass is 35.5. The summed E-state index contributed by atoms with van der Waals surface area (Å²) >= 11 is 12.4. The number of carbonyl (C=O) groups is 3. The highest BCUT2D eigenvalue weighted by Crippen LogP contribution is 2.35. The van der Waals surface area contributed by atoms with Crippen LogP contribution in [0.3, 0.4) is 0 Å². The SMILES string of the molecule is CCOC(=O)c1[nH]c2cc(Cl)cc(Cl)c2c1C=C(C(=O)O)c1ccc(NC(C)=O)cc1. The van der Waals surface area contributed by atoms with Gasteiger partial charge in [-0.25, -0.2) is 9.59 Å². The first kappa shape index (κ1) is 22.4. The van der Waals surface area contributed by atoms with Gasteiger partial charge in [0.25, 0.3) is 0 Å². The number of amides is 1. The van der Waals surface area contributed by atoms with Crippen LogP contribution in [0.15, 0.2) is 36.4 Å². The van der Waals surface area contributed by atoms with Crippen molar-refractivity contribution in [3.63, 3.8) is 0 Å². The molecule has 0 aliphatic rings. The standard InChI is InChI=1S/C22H18Cl2N2O5/c1-3-31-22(30)20-16(19-17(24)8-13(23)9-18(19)26-20)10-15(21(28)29)12-4-6-14(7-5-12)25-11(2)27/h4-10,26H,3H2,1-2H3,(H,25,27)(H,28,29). The van der Waals surface area contributed by atoms with Crippen LogP contribution in [0.2, 0.25) is 10.0 Å². The molecule has 1 amide bonds. The second kappa shape index (κ2) is 9.24. The van der Waals surface area contributed by atoms with E-state index in [-0.39, 0.29) is 34.4 Å². The van der Waals surface area contributed by atoms with Crippen molar-refractivity contribution in [1.29, 1.82) is 0 Å². The fourth-order valence-corrected chi connectivity index (χ4v) is 3.73. The lowest BCUT2D eigenvalue weighted by Gasteiger charge is -2.07. The van der Waals surface area contributed by atoms with E-state index >= 15 is 0 Å². The zero-order valence-electron chi connectivity index (χ0n) is 16.6. The maximum absolute atomic E-state index is 12.5. The average Bonchev–Trinajstić information content (AvgIpc) is 3.05. The molecule has 1 aromatic heterocycles. The van der Waals surface area contributed by atoms with Crippen LogP contribution < -0.4 is 5.32 Å². The summed E-state index contributed by atoms with van der Waals surface area (Å²) in [5.41, 5.74) is 1.63. The quantitative estimate of drug-likeness (QED) is 0.344. The third-order valence-electron chi connectivity index (χ3n) is 4.37. The highest BCUT2D eigenvalue weighted by Gasteiger charge is 2.22. The van der Waals surface area contributed by atoms with Gasteiger partial charge >= 0.3 is 11.9 Å². The molecule has 0 bridgehead atoms. The zero-order valence-corrected chi connectivity index (χ0v) is 18.1. The molecular weight excluding hydrogens is 443 g/mol. The summed E-state index contributed by atoms with van der Waals surface area (Å²) in [6.45, 7) is 3.18. The molecule has 0 fully saturated rings. The second-order valence-corrected chi connectivity index (χ2v) is 7.41. The van der Waals surface area contributed by atoms with E-state index in [0.29, 0.717) is 27.2 Å². The maximum Gasteiger partial charge on any atom is 0.355 e. The van der Waals surface area contributed by atoms with Crippen LogP contribution in [-0.4, -0.2) is 34.5 Å². The fourth-order valence-electron chi connectivity index (χ4n) is 3.13. The molecule has 0 atom stereocenters. The van der Waals surface area contributed by atoms with Gasteiger partial charge in [-0.15, -0.1) is 0 Å². The molecule has 31 heavy (non-hydrogen) atoms. The van der Waals surface area contributed by atoms with Gasteiger partial charge in [0.05, 0.1) is 17.2 Å². The van der Waals surface area contributed by atoms with Gasteiger partial charge in [-0.2, -0.15) is 0 Å². The number of hydrogen-bond acceptors (Lipinski definition) is 4. The summed E-state index contributed by atoms with van der Waals surface area (Å²) in [4.78, 5) is 38.7. The van der Waals surface area contributed by atoms with Crippen LogP contribution >= 0.6 is 23.2 Å². The van der Waals surface area contributed by atoms with Gasteiger partial charge in [-0.05, 0) is 42.8 Å². The number of anilines is 1. The number of carboxylic acids is 1. The van der Waals surface area contributed by atoms with E-state index in [9.17, 15) is 19.5 Å². The number of H-pyrrole nitrogens is 1. The number of aromatic amines is 1. The Morgan fingerprint density at radius 2 is 1.84 bits per heavy atom. The predicted octanol–water partition coefficient (Wildman–Crippen LogP) is 5.24. The zero-order chi connectivity index (χ0) is 22.7. The summed E-state index contributed by atoms with van der Waals surface area (Å²) in [5.74, 6) is -2.10. The maximum atomic E-state index is 12.5. The van der Waals surface area contributed by atoms with E-state index < -0.39 is 11.9 Å². The Labute approximate surface area is 187 Å². The first-order valence-corrected chi connectivity index (χ1v) is 9.97. The van der Waals surface area contributed by atoms with Crippen LogP contribution in [0.4, 0.5) is 5.69 Å². The number of ether oxygens (including phenoxy) is 1. The fraction of sp³-hybridized carbons (Fsp3) is 0.136. The van der Waals surface area contributed by atoms with Crippen LogP contribution in [0.25, 0.3) is 22.6 Å². The predicted molar refractivity (Wildman–Crippen MR) is 121 cm³/mol. The number of carboxylic acid groups (broad SMARTS) is 1. The van der Waals surface area contributed by atoms with Crippen molar-refractivity contribution in [1.82, 2.24) is 4.98 Å². The van der Waals surface area contributed by atoms with E-state index in [2.05, 4.69) is 10.3 Å². The molecule has 160 valence electrons. The van der Waals surface area contributed by atoms with Crippen LogP contribution in [0.5, 0.6) is 0 Å². The molecule has 3 N–H and O–H groups in total. The number of carbonyl (C=O) groups excluding carboxylic acids is 2. The normalized spacial score (nSPS) is 11.4. The number of fused-ring (bicyclic) bond motifs is 1. The molecular formula is C22H18Cl2N2O5. The van der Waals surface area contributed by atoms with E-state index in [1.54, 1.807) is 37.3 Å². The van der Waals surface area contributed by atoms with E-state index in [1.807, 2.05) is 0 Å². The Morgan fingerprint density at radius 3 is 2.42 bits per heavy atom. The smallest absolute Gasteiger partial charge is 0.355 e. The third kappa shape index (κ3) is 4.90. The number of halogens is 2. The minimum absolute atomic E-state index is 0.0645. The Hall–Kier alpha value is -3.29. The lowest BCUT2D eigenvalue weighted by molar-refractivity contribution is -0.130. The second-order valence-electron chi connectivity index (χ2n) is 6.57. The third-order valence-corrected chi connectivity index (χ3v) is 4.88. The van der Waals surface area contributed by atoms with Crippen LogP contribution in [0.1, 0.15) is 35.5 Å². The first-order chi connectivity index (χ1) is 14.7. The van der Waals surface area contributed by atoms with Crippen LogP contribution in [0, 0.1) is 0 Å². The monoisotopic (exact) mass is 460 g/mol. The lowest BCUT2D eigenvalue weighted by atomic mass is 10.0. The number of aromatic nitrogens is 1. The van der Waals surface area contributed by atoms with Crippen molar-refractivity contribution in [3.8, 4) is 0 Å². The topological polar surface area (TPSA) is 108 Å². The summed E-state index contributed by atoms with van der Waals surface area (Å²) < 4.78 is 5.11. The van der Waals surface area contributed by atoms with Gasteiger partial charge in [0.2, 0.25) is 5.91 Å². The Balaban J connectivity index is 2.21. The van der Waals surface area contributed by atoms with E-state index in [4.69, 9.17) is 27.9 Å². The molecule has 9 heteroatoms. The van der Waals surface area contributed by atoms with Crippen LogP contribution in [-0.2, 0) is 14.3 Å². The number of rotatable bonds is 6. The molecule has 2 aromatic carbocycles. The van der Waals surface area contributed by atoms with Gasteiger partial charge in [-0.3, -0.25) is 4.79 Å². The molecule has 1 heterocycles. The molecule has 0 aliphatic heterocycles. The van der Waals surface area contributed by atoms with Crippen molar-refractivity contribution in [2.45, 2.75) is 13.8 Å². The molecule has 0 spiro atoms. The Bertz CT molecular complexity index is 1210. The largest absolute Gasteiger partial charge is 0.478 e. The number of nitrogens with one attached hydrogen (secondary N) is 2. The molecule has 0 radical (unpaired) electrons. The number of aliphatic carboxylic acids is 1. The van der Waals surface area contributed by atoms with Gasteiger partial charge in [0, 0.05) is 34.1 Å². The van der Waals surface area contributed by atoms with Crippen molar-refractivity contribution in [2.75, 3.05) is 11.9 Å². The van der Waals surface area contributed by atoms with Crippen molar-refractivity contribution < 1.29 is 24.2 Å². The Kier molecular flexibility index (Phi) is 6.68. The molecule has 3 aromatic rings. The van der Waals surface area contributed by atoms with Gasteiger partial charge in [0.15, 0.2) is 0 Å². The molecule has 0 saturated carbocycles. The lowest BCUT2D eigenvalue weighted by Crippen LogP contribution is -2.07. The minimum atomic E-state index is -1.21. The van der Waals surface area contributed by atoms with Crippen molar-refractivity contribution in [2.24, 2.45) is 0 Å². The van der Waals surface area contributed by atoms with Gasteiger partial charge in [0.1, 0.15) is 5.69 Å². The van der Waals surface area contributed by atoms with Crippen molar-refractivity contribution >= 4 is 69.3 Å². The highest BCUT2D eigenvalue weighted by molar-refractivity contribution is 6.39. The van der Waals surface area contributed by atoms with E-state index in [0.717, 1.165) is 0 Å². The summed E-state index contributed by atoms with van der Waals surface area (Å²) in [7, 11) is 0. The number of esters is 1. The average molecular weight is 461 g/mol. The van der Waals surface area contributed by atoms with E-state index in [1.165, 1.54) is 19.1 Å². The van der Waals surface area contributed by atoms with Crippen molar-refractivity contribution in [3.05, 3.63) is 63.3 Å². The first-order valence-electron chi connectivity index (χ1n) is 9.22. The minimum Gasteiger partial charge on any atom is -0.478 e. The summed E-state index contributed by atoms with van der Waals surface area (Å²) in [6.07, 6.45) is 1.36. The van der Waals surface area contributed by atoms with Gasteiger partial charge in [-0.1, -0.05) is 35.3 Å².